The third-order valence-electron chi connectivity index (χ3n) is 2.48. The molecule has 0 spiro atoms. The largest absolute Gasteiger partial charge is 0.494 e. The lowest BCUT2D eigenvalue weighted by Gasteiger charge is -2.08. The van der Waals surface area contributed by atoms with Crippen molar-refractivity contribution in [2.75, 3.05) is 0 Å². The van der Waals surface area contributed by atoms with Crippen LogP contribution in [-0.2, 0) is 6.54 Å². The molecule has 0 bridgehead atoms. The van der Waals surface area contributed by atoms with Crippen molar-refractivity contribution in [3.8, 4) is 11.9 Å². The van der Waals surface area contributed by atoms with Crippen molar-refractivity contribution in [3.05, 3.63) is 62.3 Å². The Morgan fingerprint density at radius 2 is 2.06 bits per heavy atom. The molecule has 0 amide bonds. The van der Waals surface area contributed by atoms with Crippen molar-refractivity contribution in [1.29, 1.82) is 5.26 Å². The molecule has 2 N–H and O–H groups in total. The Labute approximate surface area is 101 Å². The maximum Gasteiger partial charge on any atom is 0.331 e. The van der Waals surface area contributed by atoms with Gasteiger partial charge < -0.3 is 5.11 Å². The fraction of sp³-hybridized carbons (Fsp3) is 0.0833. The first-order valence-corrected chi connectivity index (χ1v) is 5.13. The molecule has 0 saturated carbocycles. The fourth-order valence-corrected chi connectivity index (χ4v) is 1.60. The van der Waals surface area contributed by atoms with E-state index >= 15 is 0 Å². The number of H-pyrrole nitrogens is 1. The van der Waals surface area contributed by atoms with E-state index in [-0.39, 0.29) is 6.54 Å². The van der Waals surface area contributed by atoms with Crippen LogP contribution < -0.4 is 11.2 Å². The lowest BCUT2D eigenvalue weighted by molar-refractivity contribution is 0.409. The van der Waals surface area contributed by atoms with Crippen LogP contribution >= 0.6 is 0 Å². The van der Waals surface area contributed by atoms with Gasteiger partial charge in [-0.2, -0.15) is 5.26 Å². The van der Waals surface area contributed by atoms with E-state index in [1.165, 1.54) is 0 Å². The molecule has 18 heavy (non-hydrogen) atoms. The highest BCUT2D eigenvalue weighted by atomic mass is 16.3. The highest BCUT2D eigenvalue weighted by molar-refractivity contribution is 5.37. The summed E-state index contributed by atoms with van der Waals surface area (Å²) < 4.78 is 0.984. The van der Waals surface area contributed by atoms with Crippen LogP contribution in [0.25, 0.3) is 0 Å². The predicted molar refractivity (Wildman–Crippen MR) is 63.2 cm³/mol. The lowest BCUT2D eigenvalue weighted by atomic mass is 10.1. The van der Waals surface area contributed by atoms with Gasteiger partial charge in [0.05, 0.1) is 24.2 Å². The van der Waals surface area contributed by atoms with E-state index in [0.29, 0.717) is 11.1 Å². The van der Waals surface area contributed by atoms with Crippen molar-refractivity contribution in [1.82, 2.24) is 9.55 Å². The Hall–Kier alpha value is -2.81. The monoisotopic (exact) mass is 243 g/mol. The molecule has 6 nitrogen and oxygen atoms in total. The average molecular weight is 243 g/mol. The fourth-order valence-electron chi connectivity index (χ4n) is 1.60. The third kappa shape index (κ3) is 2.15. The molecule has 0 radical (unpaired) electrons. The molecule has 1 aromatic heterocycles. The Balaban J connectivity index is 2.51. The molecule has 2 rings (SSSR count). The maximum atomic E-state index is 11.5. The third-order valence-corrected chi connectivity index (χ3v) is 2.48. The molecule has 0 fully saturated rings. The Bertz CT molecular complexity index is 737. The summed E-state index contributed by atoms with van der Waals surface area (Å²) >= 11 is 0. The summed E-state index contributed by atoms with van der Waals surface area (Å²) in [6, 6.07) is 9.63. The second kappa shape index (κ2) is 4.59. The zero-order chi connectivity index (χ0) is 13.1. The number of benzene rings is 1. The minimum Gasteiger partial charge on any atom is -0.494 e. The molecular weight excluding hydrogens is 234 g/mol. The second-order valence-electron chi connectivity index (χ2n) is 3.65. The first-order valence-electron chi connectivity index (χ1n) is 5.13. The topological polar surface area (TPSA) is 98.9 Å². The van der Waals surface area contributed by atoms with Gasteiger partial charge in [-0.15, -0.1) is 0 Å². The Kier molecular flexibility index (Phi) is 2.98. The minimum atomic E-state index is -0.715. The van der Waals surface area contributed by atoms with E-state index in [1.807, 2.05) is 11.1 Å². The molecule has 0 unspecified atom stereocenters. The van der Waals surface area contributed by atoms with Crippen molar-refractivity contribution >= 4 is 0 Å². The van der Waals surface area contributed by atoms with Gasteiger partial charge in [0.25, 0.3) is 5.56 Å². The molecule has 0 saturated heterocycles. The molecule has 1 aromatic carbocycles. The standard InChI is InChI=1S/C12H9N3O3/c13-6-8-3-1-2-4-9(8)7-15-11(17)5-10(16)14-12(15)18/h1-5,17H,7H2,(H,14,16,18). The first-order chi connectivity index (χ1) is 8.61. The number of nitrogens with one attached hydrogen (secondary N) is 1. The Morgan fingerprint density at radius 3 is 2.72 bits per heavy atom. The summed E-state index contributed by atoms with van der Waals surface area (Å²) in [6.45, 7) is 0.0190. The van der Waals surface area contributed by atoms with Crippen molar-refractivity contribution in [2.45, 2.75) is 6.54 Å². The van der Waals surface area contributed by atoms with Crippen LogP contribution in [0.3, 0.4) is 0 Å². The number of aromatic nitrogens is 2. The SMILES string of the molecule is N#Cc1ccccc1Cn1c(O)cc(=O)[nH]c1=O. The molecule has 2 aromatic rings. The van der Waals surface area contributed by atoms with Gasteiger partial charge in [-0.05, 0) is 11.6 Å². The molecule has 0 aliphatic rings. The van der Waals surface area contributed by atoms with Gasteiger partial charge in [0.15, 0.2) is 0 Å². The number of hydrogen-bond acceptors (Lipinski definition) is 4. The lowest BCUT2D eigenvalue weighted by Crippen LogP contribution is -2.29. The molecule has 1 heterocycles. The molecule has 0 aliphatic heterocycles. The minimum absolute atomic E-state index is 0.0190. The van der Waals surface area contributed by atoms with Gasteiger partial charge in [-0.3, -0.25) is 14.3 Å². The van der Waals surface area contributed by atoms with Crippen LogP contribution in [0.1, 0.15) is 11.1 Å². The highest BCUT2D eigenvalue weighted by Crippen LogP contribution is 2.11. The number of aromatic amines is 1. The molecule has 0 atom stereocenters. The number of nitriles is 1. The van der Waals surface area contributed by atoms with E-state index < -0.39 is 17.1 Å². The van der Waals surface area contributed by atoms with Crippen LogP contribution in [0.5, 0.6) is 5.88 Å². The van der Waals surface area contributed by atoms with Gasteiger partial charge >= 0.3 is 5.69 Å². The van der Waals surface area contributed by atoms with Gasteiger partial charge in [0.2, 0.25) is 5.88 Å². The number of aromatic hydroxyl groups is 1. The van der Waals surface area contributed by atoms with E-state index in [0.717, 1.165) is 10.6 Å². The summed E-state index contributed by atoms with van der Waals surface area (Å²) in [5, 5.41) is 18.5. The summed E-state index contributed by atoms with van der Waals surface area (Å²) in [5.74, 6) is -0.434. The molecule has 90 valence electrons. The predicted octanol–water partition coefficient (Wildman–Crippen LogP) is 0.162. The maximum absolute atomic E-state index is 11.5. The highest BCUT2D eigenvalue weighted by Gasteiger charge is 2.08. The van der Waals surface area contributed by atoms with Gasteiger partial charge in [0.1, 0.15) is 0 Å². The summed E-state index contributed by atoms with van der Waals surface area (Å²) in [4.78, 5) is 24.5. The van der Waals surface area contributed by atoms with Crippen LogP contribution in [-0.4, -0.2) is 14.7 Å². The second-order valence-corrected chi connectivity index (χ2v) is 3.65. The van der Waals surface area contributed by atoms with E-state index in [2.05, 4.69) is 0 Å². The van der Waals surface area contributed by atoms with Gasteiger partial charge in [-0.1, -0.05) is 18.2 Å². The quantitative estimate of drug-likeness (QED) is 0.784. The zero-order valence-electron chi connectivity index (χ0n) is 9.25. The van der Waals surface area contributed by atoms with E-state index in [9.17, 15) is 14.7 Å². The summed E-state index contributed by atoms with van der Waals surface area (Å²) in [6.07, 6.45) is 0. The van der Waals surface area contributed by atoms with Gasteiger partial charge in [0, 0.05) is 0 Å². The molecular formula is C12H9N3O3. The van der Waals surface area contributed by atoms with Crippen LogP contribution in [0.4, 0.5) is 0 Å². The van der Waals surface area contributed by atoms with Crippen LogP contribution in [0.2, 0.25) is 0 Å². The molecule has 6 heteroatoms. The van der Waals surface area contributed by atoms with Crippen molar-refractivity contribution < 1.29 is 5.11 Å². The Morgan fingerprint density at radius 1 is 1.33 bits per heavy atom. The number of rotatable bonds is 2. The summed E-state index contributed by atoms with van der Waals surface area (Å²) in [7, 11) is 0. The number of hydrogen-bond donors (Lipinski definition) is 2. The van der Waals surface area contributed by atoms with E-state index in [4.69, 9.17) is 5.26 Å². The molecule has 0 aliphatic carbocycles. The smallest absolute Gasteiger partial charge is 0.331 e. The normalized spacial score (nSPS) is 9.94. The van der Waals surface area contributed by atoms with Crippen molar-refractivity contribution in [2.24, 2.45) is 0 Å². The van der Waals surface area contributed by atoms with E-state index in [1.54, 1.807) is 24.3 Å². The van der Waals surface area contributed by atoms with Crippen LogP contribution in [0.15, 0.2) is 39.9 Å². The van der Waals surface area contributed by atoms with Crippen LogP contribution in [0, 0.1) is 11.3 Å². The van der Waals surface area contributed by atoms with Crippen molar-refractivity contribution in [3.63, 3.8) is 0 Å². The average Bonchev–Trinajstić information content (AvgIpc) is 2.34. The summed E-state index contributed by atoms with van der Waals surface area (Å²) in [5.41, 5.74) is -0.380. The first kappa shape index (κ1) is 11.7. The van der Waals surface area contributed by atoms with Gasteiger partial charge in [-0.25, -0.2) is 4.79 Å². The number of nitrogens with zero attached hydrogens (tertiary/aromatic N) is 2. The zero-order valence-corrected chi connectivity index (χ0v) is 9.25.